The van der Waals surface area contributed by atoms with Gasteiger partial charge in [0.2, 0.25) is 0 Å². The number of ether oxygens (including phenoxy) is 1. The highest BCUT2D eigenvalue weighted by Gasteiger charge is 2.26. The summed E-state index contributed by atoms with van der Waals surface area (Å²) in [4.78, 5) is 0. The van der Waals surface area contributed by atoms with Gasteiger partial charge in [0, 0.05) is 17.5 Å². The minimum Gasteiger partial charge on any atom is -0.496 e. The van der Waals surface area contributed by atoms with Gasteiger partial charge in [0.05, 0.1) is 19.2 Å². The highest BCUT2D eigenvalue weighted by molar-refractivity contribution is 5.47. The molecule has 1 aromatic rings. The largest absolute Gasteiger partial charge is 0.496 e. The van der Waals surface area contributed by atoms with Crippen LogP contribution in [0.3, 0.4) is 0 Å². The molecule has 1 aromatic carbocycles. The minimum absolute atomic E-state index is 0.0900. The van der Waals surface area contributed by atoms with Crippen molar-refractivity contribution in [2.24, 2.45) is 0 Å². The predicted molar refractivity (Wildman–Crippen MR) is 78.6 cm³/mol. The molecular weight excluding hydrogens is 236 g/mol. The smallest absolute Gasteiger partial charge is 0.125 e. The van der Waals surface area contributed by atoms with Gasteiger partial charge in [-0.15, -0.1) is 0 Å². The van der Waals surface area contributed by atoms with Gasteiger partial charge in [-0.25, -0.2) is 0 Å². The van der Waals surface area contributed by atoms with E-state index in [1.54, 1.807) is 7.11 Å². The molecule has 1 unspecified atom stereocenters. The standard InChI is InChI=1S/C16H24N2O/c1-11-7-12(2)15(19-6)14(8-11)16(4,5)10-18-13(3)9-17/h7-8,13,18H,10H2,1-6H3. The molecule has 0 saturated carbocycles. The van der Waals surface area contributed by atoms with E-state index in [4.69, 9.17) is 10.00 Å². The van der Waals surface area contributed by atoms with Gasteiger partial charge in [0.1, 0.15) is 5.75 Å². The Morgan fingerprint density at radius 3 is 2.53 bits per heavy atom. The van der Waals surface area contributed by atoms with E-state index < -0.39 is 0 Å². The second-order valence-electron chi connectivity index (χ2n) is 5.78. The Labute approximate surface area is 116 Å². The van der Waals surface area contributed by atoms with E-state index in [1.807, 2.05) is 6.92 Å². The number of hydrogen-bond acceptors (Lipinski definition) is 3. The van der Waals surface area contributed by atoms with Crippen LogP contribution in [0.5, 0.6) is 5.75 Å². The zero-order chi connectivity index (χ0) is 14.6. The molecule has 19 heavy (non-hydrogen) atoms. The molecule has 3 heteroatoms. The SMILES string of the molecule is COc1c(C)cc(C)cc1C(C)(C)CNC(C)C#N. The summed E-state index contributed by atoms with van der Waals surface area (Å²) in [5, 5.41) is 12.1. The maximum Gasteiger partial charge on any atom is 0.125 e. The van der Waals surface area contributed by atoms with E-state index in [0.29, 0.717) is 0 Å². The van der Waals surface area contributed by atoms with Crippen LogP contribution < -0.4 is 10.1 Å². The van der Waals surface area contributed by atoms with Crippen molar-refractivity contribution in [3.05, 3.63) is 28.8 Å². The third-order valence-corrected chi connectivity index (χ3v) is 3.40. The van der Waals surface area contributed by atoms with Gasteiger partial charge >= 0.3 is 0 Å². The molecule has 1 atom stereocenters. The van der Waals surface area contributed by atoms with E-state index in [2.05, 4.69) is 51.2 Å². The van der Waals surface area contributed by atoms with Crippen LogP contribution in [0.2, 0.25) is 0 Å². The second-order valence-corrected chi connectivity index (χ2v) is 5.78. The Morgan fingerprint density at radius 1 is 1.37 bits per heavy atom. The van der Waals surface area contributed by atoms with Crippen molar-refractivity contribution < 1.29 is 4.74 Å². The van der Waals surface area contributed by atoms with Crippen molar-refractivity contribution in [3.63, 3.8) is 0 Å². The predicted octanol–water partition coefficient (Wildman–Crippen LogP) is 3.09. The number of benzene rings is 1. The van der Waals surface area contributed by atoms with E-state index in [0.717, 1.165) is 17.9 Å². The summed E-state index contributed by atoms with van der Waals surface area (Å²) < 4.78 is 5.56. The third kappa shape index (κ3) is 3.71. The fourth-order valence-electron chi connectivity index (χ4n) is 2.28. The lowest BCUT2D eigenvalue weighted by atomic mass is 9.82. The molecule has 0 radical (unpaired) electrons. The Bertz CT molecular complexity index is 486. The minimum atomic E-state index is -0.142. The van der Waals surface area contributed by atoms with Crippen LogP contribution in [0.1, 0.15) is 37.5 Å². The average molecular weight is 260 g/mol. The van der Waals surface area contributed by atoms with Crippen LogP contribution in [0.4, 0.5) is 0 Å². The highest BCUT2D eigenvalue weighted by Crippen LogP contribution is 2.34. The first-order chi connectivity index (χ1) is 8.81. The summed E-state index contributed by atoms with van der Waals surface area (Å²) in [7, 11) is 1.71. The molecule has 0 bridgehead atoms. The van der Waals surface area contributed by atoms with Gasteiger partial charge in [-0.1, -0.05) is 31.5 Å². The molecule has 0 amide bonds. The van der Waals surface area contributed by atoms with E-state index in [1.165, 1.54) is 11.1 Å². The molecule has 3 nitrogen and oxygen atoms in total. The Balaban J connectivity index is 3.10. The molecule has 0 fully saturated rings. The molecule has 1 rings (SSSR count). The fourth-order valence-corrected chi connectivity index (χ4v) is 2.28. The van der Waals surface area contributed by atoms with Crippen molar-refractivity contribution >= 4 is 0 Å². The fraction of sp³-hybridized carbons (Fsp3) is 0.562. The van der Waals surface area contributed by atoms with Gasteiger partial charge in [-0.2, -0.15) is 5.26 Å². The van der Waals surface area contributed by atoms with Gasteiger partial charge in [0.15, 0.2) is 0 Å². The van der Waals surface area contributed by atoms with Gasteiger partial charge < -0.3 is 10.1 Å². The summed E-state index contributed by atoms with van der Waals surface area (Å²) in [5.41, 5.74) is 3.48. The molecule has 0 heterocycles. The summed E-state index contributed by atoms with van der Waals surface area (Å²) in [6.45, 7) is 11.1. The summed E-state index contributed by atoms with van der Waals surface area (Å²) >= 11 is 0. The van der Waals surface area contributed by atoms with Crippen molar-refractivity contribution in [2.45, 2.75) is 46.1 Å². The monoisotopic (exact) mass is 260 g/mol. The zero-order valence-corrected chi connectivity index (χ0v) is 12.8. The number of hydrogen-bond donors (Lipinski definition) is 1. The number of nitrogens with zero attached hydrogens (tertiary/aromatic N) is 1. The lowest BCUT2D eigenvalue weighted by Crippen LogP contribution is -2.37. The molecule has 0 aromatic heterocycles. The van der Waals surface area contributed by atoms with Crippen molar-refractivity contribution in [2.75, 3.05) is 13.7 Å². The average Bonchev–Trinajstić information content (AvgIpc) is 2.35. The van der Waals surface area contributed by atoms with Crippen molar-refractivity contribution in [1.29, 1.82) is 5.26 Å². The van der Waals surface area contributed by atoms with Crippen LogP contribution in [-0.4, -0.2) is 19.7 Å². The molecule has 0 aliphatic carbocycles. The quantitative estimate of drug-likeness (QED) is 0.885. The molecule has 0 aliphatic heterocycles. The lowest BCUT2D eigenvalue weighted by Gasteiger charge is -2.29. The first kappa shape index (κ1) is 15.5. The first-order valence-corrected chi connectivity index (χ1v) is 6.60. The Kier molecular flexibility index (Phi) is 4.97. The van der Waals surface area contributed by atoms with Crippen LogP contribution in [-0.2, 0) is 5.41 Å². The molecule has 0 aliphatic rings. The maximum absolute atomic E-state index is 8.85. The summed E-state index contributed by atoms with van der Waals surface area (Å²) in [5.74, 6) is 0.946. The first-order valence-electron chi connectivity index (χ1n) is 6.60. The maximum atomic E-state index is 8.85. The van der Waals surface area contributed by atoms with E-state index in [9.17, 15) is 0 Å². The number of nitriles is 1. The number of nitrogens with one attached hydrogen (secondary N) is 1. The zero-order valence-electron chi connectivity index (χ0n) is 12.8. The normalized spacial score (nSPS) is 12.9. The molecule has 104 valence electrons. The topological polar surface area (TPSA) is 45.0 Å². The number of rotatable bonds is 5. The summed E-state index contributed by atoms with van der Waals surface area (Å²) in [6.07, 6.45) is 0. The highest BCUT2D eigenvalue weighted by atomic mass is 16.5. The van der Waals surface area contributed by atoms with E-state index in [-0.39, 0.29) is 11.5 Å². The lowest BCUT2D eigenvalue weighted by molar-refractivity contribution is 0.381. The summed E-state index contributed by atoms with van der Waals surface area (Å²) in [6, 6.07) is 6.36. The Hall–Kier alpha value is -1.53. The molecular formula is C16H24N2O. The third-order valence-electron chi connectivity index (χ3n) is 3.40. The molecule has 0 saturated heterocycles. The van der Waals surface area contributed by atoms with Crippen LogP contribution in [0.25, 0.3) is 0 Å². The molecule has 0 spiro atoms. The van der Waals surface area contributed by atoms with Crippen LogP contribution in [0.15, 0.2) is 12.1 Å². The number of methoxy groups -OCH3 is 1. The van der Waals surface area contributed by atoms with E-state index >= 15 is 0 Å². The Morgan fingerprint density at radius 2 is 2.00 bits per heavy atom. The molecule has 1 N–H and O–H groups in total. The van der Waals surface area contributed by atoms with Crippen LogP contribution >= 0.6 is 0 Å². The van der Waals surface area contributed by atoms with Gasteiger partial charge in [0.25, 0.3) is 0 Å². The van der Waals surface area contributed by atoms with Gasteiger partial charge in [-0.3, -0.25) is 0 Å². The van der Waals surface area contributed by atoms with Crippen molar-refractivity contribution in [1.82, 2.24) is 5.32 Å². The van der Waals surface area contributed by atoms with Crippen LogP contribution in [0, 0.1) is 25.2 Å². The van der Waals surface area contributed by atoms with Gasteiger partial charge in [-0.05, 0) is 26.3 Å². The van der Waals surface area contributed by atoms with Crippen molar-refractivity contribution in [3.8, 4) is 11.8 Å². The number of aryl methyl sites for hydroxylation is 2. The second kappa shape index (κ2) is 6.08.